The van der Waals surface area contributed by atoms with Gasteiger partial charge in [0.05, 0.1) is 50.6 Å². The average Bonchev–Trinajstić information content (AvgIpc) is 3.24. The number of unbranched alkanes of at least 4 members (excludes halogenated alkanes) is 9. The van der Waals surface area contributed by atoms with Gasteiger partial charge in [0.25, 0.3) is 0 Å². The number of aliphatic hydroxyl groups is 4. The van der Waals surface area contributed by atoms with Gasteiger partial charge in [0.1, 0.15) is 42.4 Å². The van der Waals surface area contributed by atoms with Crippen LogP contribution < -0.4 is 48.7 Å². The molecule has 8 unspecified atom stereocenters. The Morgan fingerprint density at radius 1 is 0.632 bits per heavy atom. The number of carbonyl (C=O) groups excluding carboxylic acids is 10. The normalized spacial score (nSPS) is 25.8. The molecule has 0 aromatic carbocycles. The molecule has 9 amide bonds. The smallest absolute Gasteiger partial charge is 0.331 e. The third-order valence-electron chi connectivity index (χ3n) is 10.9. The molecule has 1 aliphatic rings. The van der Waals surface area contributed by atoms with Crippen LogP contribution in [-0.4, -0.2) is 164 Å². The monoisotopic (exact) mass is 973 g/mol. The maximum atomic E-state index is 13.7. The van der Waals surface area contributed by atoms with Crippen molar-refractivity contribution >= 4 is 65.1 Å². The summed E-state index contributed by atoms with van der Waals surface area (Å²) in [6.07, 6.45) is 1.88. The molecule has 0 aromatic rings. The molecule has 1 heterocycles. The summed E-state index contributed by atoms with van der Waals surface area (Å²) in [5.74, 6) is -14.5. The summed E-state index contributed by atoms with van der Waals surface area (Å²) in [4.78, 5) is 143. The first-order chi connectivity index (χ1) is 31.9. The predicted molar refractivity (Wildman–Crippen MR) is 236 cm³/mol. The maximum Gasteiger partial charge on any atom is 0.331 e. The quantitative estimate of drug-likeness (QED) is 0.0380. The number of rotatable bonds is 21. The topological polar surface area (TPSA) is 434 Å². The lowest BCUT2D eigenvalue weighted by Gasteiger charge is -2.34. The molecule has 1 aliphatic heterocycles. The van der Waals surface area contributed by atoms with Crippen molar-refractivity contribution < 1.29 is 83.0 Å². The summed E-state index contributed by atoms with van der Waals surface area (Å²) in [5.41, 5.74) is 8.55. The Balaban J connectivity index is 3.72. The highest BCUT2D eigenvalue weighted by molar-refractivity contribution is 6.00. The van der Waals surface area contributed by atoms with Crippen molar-refractivity contribution in [2.75, 3.05) is 13.2 Å². The van der Waals surface area contributed by atoms with E-state index < -0.39 is 164 Å². The lowest BCUT2D eigenvalue weighted by molar-refractivity contribution is -0.172. The molecule has 1 fully saturated rings. The van der Waals surface area contributed by atoms with Crippen LogP contribution in [0.4, 0.5) is 0 Å². The molecule has 26 heteroatoms. The summed E-state index contributed by atoms with van der Waals surface area (Å²) in [6.45, 7) is 3.25. The molecule has 1 saturated heterocycles. The number of carboxylic acids is 1. The van der Waals surface area contributed by atoms with Crippen LogP contribution >= 0.6 is 0 Å². The lowest BCUT2D eigenvalue weighted by atomic mass is 9.89. The first-order valence-electron chi connectivity index (χ1n) is 22.6. The Kier molecular flexibility index (Phi) is 26.8. The summed E-state index contributed by atoms with van der Waals surface area (Å²) in [6, 6.07) is -13.5. The van der Waals surface area contributed by atoms with Gasteiger partial charge in [-0.3, -0.25) is 47.9 Å². The van der Waals surface area contributed by atoms with Crippen molar-refractivity contribution in [2.24, 2.45) is 11.5 Å². The zero-order chi connectivity index (χ0) is 51.7. The van der Waals surface area contributed by atoms with E-state index in [4.69, 9.17) is 16.2 Å². The highest BCUT2D eigenvalue weighted by Gasteiger charge is 2.41. The number of hydrogen-bond acceptors (Lipinski definition) is 16. The third kappa shape index (κ3) is 22.2. The minimum Gasteiger partial charge on any atom is -0.481 e. The van der Waals surface area contributed by atoms with E-state index in [2.05, 4.69) is 28.2 Å². The van der Waals surface area contributed by atoms with Gasteiger partial charge in [-0.2, -0.15) is 0 Å². The SMILES string of the molecule is CCCCCCCCCCCCC(C)(O)C1CC(=O)NC(CO)C(=O)N[C@H](C)C(=O)NC(CC(=O)O)C(=O)NC(CC(N)=O)C(=O)NC(CC(N)=O)C(=O)NC(CO)C(=O)NC([C@@H](C)O)C(=O)O1. The molecular weight excluding hydrogens is 903 g/mol. The molecule has 386 valence electrons. The van der Waals surface area contributed by atoms with Crippen LogP contribution in [0.2, 0.25) is 0 Å². The minimum absolute atomic E-state index is 0.0389. The number of hydrogen-bond donors (Lipinski definition) is 14. The summed E-state index contributed by atoms with van der Waals surface area (Å²) in [7, 11) is 0. The highest BCUT2D eigenvalue weighted by Crippen LogP contribution is 2.25. The van der Waals surface area contributed by atoms with E-state index in [1.54, 1.807) is 0 Å². The molecule has 16 N–H and O–H groups in total. The number of aliphatic carboxylic acids is 1. The van der Waals surface area contributed by atoms with Gasteiger partial charge in [-0.15, -0.1) is 0 Å². The molecule has 26 nitrogen and oxygen atoms in total. The molecule has 68 heavy (non-hydrogen) atoms. The summed E-state index contributed by atoms with van der Waals surface area (Å²) in [5, 5.41) is 66.7. The molecule has 0 radical (unpaired) electrons. The fourth-order valence-electron chi connectivity index (χ4n) is 6.87. The molecule has 0 saturated carbocycles. The second-order valence-corrected chi connectivity index (χ2v) is 17.0. The first-order valence-corrected chi connectivity index (χ1v) is 22.6. The molecule has 1 rings (SSSR count). The van der Waals surface area contributed by atoms with E-state index >= 15 is 0 Å². The van der Waals surface area contributed by atoms with Gasteiger partial charge in [0, 0.05) is 0 Å². The Hall–Kier alpha value is -5.99. The van der Waals surface area contributed by atoms with Crippen LogP contribution in [0.25, 0.3) is 0 Å². The largest absolute Gasteiger partial charge is 0.481 e. The zero-order valence-electron chi connectivity index (χ0n) is 39.0. The fourth-order valence-corrected chi connectivity index (χ4v) is 6.87. The number of cyclic esters (lactones) is 1. The van der Waals surface area contributed by atoms with Gasteiger partial charge in [0.2, 0.25) is 53.2 Å². The van der Waals surface area contributed by atoms with E-state index in [-0.39, 0.29) is 6.42 Å². The maximum absolute atomic E-state index is 13.7. The molecule has 0 aromatic heterocycles. The van der Waals surface area contributed by atoms with Crippen LogP contribution in [0.1, 0.15) is 124 Å². The van der Waals surface area contributed by atoms with Gasteiger partial charge in [-0.05, 0) is 27.2 Å². The highest BCUT2D eigenvalue weighted by atomic mass is 16.6. The molecule has 0 bridgehead atoms. The standard InChI is InChI=1S/C42H71N9O17/c1-5-6-7-8-9-10-11-12-13-14-15-42(4,67)29-19-32(57)46-27(20-52)39(64)45-22(2)35(60)47-26(18-33(58)59)38(63)49-24(16-30(43)55)36(61)48-25(17-31(44)56)37(62)50-28(21-53)40(65)51-34(23(3)54)41(66)68-29/h22-29,34,52-54,67H,5-21H2,1-4H3,(H2,43,55)(H2,44,56)(H,45,64)(H,46,57)(H,47,60)(H,48,61)(H,49,63)(H,50,62)(H,51,65)(H,58,59)/t22-,23-,24?,25?,26?,27?,28?,29?,34?,42?/m1/s1. The van der Waals surface area contributed by atoms with E-state index in [1.165, 1.54) is 13.3 Å². The summed E-state index contributed by atoms with van der Waals surface area (Å²) >= 11 is 0. The van der Waals surface area contributed by atoms with E-state index in [0.717, 1.165) is 58.8 Å². The number of amides is 9. The number of aliphatic hydroxyl groups excluding tert-OH is 3. The van der Waals surface area contributed by atoms with Gasteiger partial charge in [0.15, 0.2) is 6.04 Å². The number of carbonyl (C=O) groups is 11. The van der Waals surface area contributed by atoms with Crippen molar-refractivity contribution in [3.05, 3.63) is 0 Å². The summed E-state index contributed by atoms with van der Waals surface area (Å²) < 4.78 is 5.58. The fraction of sp³-hybridized carbons (Fsp3) is 0.738. The Bertz CT molecular complexity index is 1760. The average molecular weight is 974 g/mol. The zero-order valence-corrected chi connectivity index (χ0v) is 39.0. The van der Waals surface area contributed by atoms with Crippen molar-refractivity contribution in [1.29, 1.82) is 0 Å². The number of ether oxygens (including phenoxy) is 1. The van der Waals surface area contributed by atoms with Crippen molar-refractivity contribution in [3.8, 4) is 0 Å². The number of carboxylic acid groups (broad SMARTS) is 1. The predicted octanol–water partition coefficient (Wildman–Crippen LogP) is -4.63. The molecule has 10 atom stereocenters. The Labute approximate surface area is 393 Å². The lowest BCUT2D eigenvalue weighted by Crippen LogP contribution is -2.61. The second-order valence-electron chi connectivity index (χ2n) is 17.0. The van der Waals surface area contributed by atoms with Gasteiger partial charge in [-0.25, -0.2) is 4.79 Å². The second kappa shape index (κ2) is 30.4. The van der Waals surface area contributed by atoms with Gasteiger partial charge in [-0.1, -0.05) is 71.1 Å². The minimum atomic E-state index is -2.02. The third-order valence-corrected chi connectivity index (χ3v) is 10.9. The Morgan fingerprint density at radius 3 is 1.47 bits per heavy atom. The number of primary amides is 2. The van der Waals surface area contributed by atoms with Gasteiger partial charge < -0.3 is 79.0 Å². The van der Waals surface area contributed by atoms with E-state index in [1.807, 2.05) is 16.0 Å². The van der Waals surface area contributed by atoms with Gasteiger partial charge >= 0.3 is 11.9 Å². The van der Waals surface area contributed by atoms with Crippen LogP contribution in [0.15, 0.2) is 0 Å². The van der Waals surface area contributed by atoms with Crippen molar-refractivity contribution in [2.45, 2.75) is 184 Å². The van der Waals surface area contributed by atoms with Crippen LogP contribution in [0, 0.1) is 0 Å². The number of nitrogens with one attached hydrogen (secondary N) is 7. The Morgan fingerprint density at radius 2 is 1.03 bits per heavy atom. The molecule has 0 aliphatic carbocycles. The van der Waals surface area contributed by atoms with Crippen LogP contribution in [-0.2, 0) is 57.5 Å². The molecule has 0 spiro atoms. The molecular formula is C42H71N9O17. The van der Waals surface area contributed by atoms with Crippen molar-refractivity contribution in [3.63, 3.8) is 0 Å². The van der Waals surface area contributed by atoms with Crippen LogP contribution in [0.5, 0.6) is 0 Å². The number of esters is 1. The van der Waals surface area contributed by atoms with E-state index in [9.17, 15) is 78.3 Å². The van der Waals surface area contributed by atoms with Crippen LogP contribution in [0.3, 0.4) is 0 Å². The van der Waals surface area contributed by atoms with E-state index in [0.29, 0.717) is 12.8 Å². The van der Waals surface area contributed by atoms with Crippen molar-refractivity contribution in [1.82, 2.24) is 37.2 Å². The number of nitrogens with two attached hydrogens (primary N) is 2. The first kappa shape index (κ1) is 60.0.